The lowest BCUT2D eigenvalue weighted by Gasteiger charge is -2.10. The molecule has 2 atom stereocenters. The van der Waals surface area contributed by atoms with Crippen molar-refractivity contribution in [3.8, 4) is 5.75 Å². The van der Waals surface area contributed by atoms with Gasteiger partial charge in [-0.25, -0.2) is 0 Å². The highest BCUT2D eigenvalue weighted by atomic mass is 16.5. The van der Waals surface area contributed by atoms with Gasteiger partial charge in [0.05, 0.1) is 13.0 Å². The summed E-state index contributed by atoms with van der Waals surface area (Å²) in [4.78, 5) is 15.3. The molecule has 112 valence electrons. The fourth-order valence-electron chi connectivity index (χ4n) is 1.97. The first-order chi connectivity index (χ1) is 10.0. The van der Waals surface area contributed by atoms with Crippen LogP contribution in [-0.4, -0.2) is 28.3 Å². The molecule has 0 amide bonds. The standard InChI is InChI=1S/C15H18N2O4/c1-9(10(2)15(18)19)14-16-13(17-21-14)8-11-6-4-5-7-12(11)20-3/h4-7,9-10H,8H2,1-3H3,(H,18,19). The summed E-state index contributed by atoms with van der Waals surface area (Å²) in [6.45, 7) is 3.39. The Morgan fingerprint density at radius 3 is 2.76 bits per heavy atom. The van der Waals surface area contributed by atoms with Gasteiger partial charge in [-0.05, 0) is 6.07 Å². The first-order valence-electron chi connectivity index (χ1n) is 6.70. The summed E-state index contributed by atoms with van der Waals surface area (Å²) in [6.07, 6.45) is 0.474. The zero-order chi connectivity index (χ0) is 15.4. The molecule has 0 saturated carbocycles. The van der Waals surface area contributed by atoms with Crippen molar-refractivity contribution in [1.82, 2.24) is 10.1 Å². The molecule has 2 aromatic rings. The molecular weight excluding hydrogens is 272 g/mol. The van der Waals surface area contributed by atoms with Crippen LogP contribution in [-0.2, 0) is 11.2 Å². The third-order valence-electron chi connectivity index (χ3n) is 3.55. The largest absolute Gasteiger partial charge is 0.496 e. The van der Waals surface area contributed by atoms with Crippen LogP contribution < -0.4 is 4.74 Å². The first kappa shape index (κ1) is 15.0. The van der Waals surface area contributed by atoms with Gasteiger partial charge in [0.2, 0.25) is 5.89 Å². The Morgan fingerprint density at radius 1 is 1.38 bits per heavy atom. The molecule has 0 spiro atoms. The summed E-state index contributed by atoms with van der Waals surface area (Å²) in [5, 5.41) is 12.9. The fraction of sp³-hybridized carbons (Fsp3) is 0.400. The zero-order valence-corrected chi connectivity index (χ0v) is 12.2. The van der Waals surface area contributed by atoms with Crippen molar-refractivity contribution in [2.24, 2.45) is 5.92 Å². The lowest BCUT2D eigenvalue weighted by atomic mass is 9.96. The topological polar surface area (TPSA) is 85.5 Å². The number of methoxy groups -OCH3 is 1. The van der Waals surface area contributed by atoms with Crippen molar-refractivity contribution >= 4 is 5.97 Å². The predicted molar refractivity (Wildman–Crippen MR) is 75.3 cm³/mol. The fourth-order valence-corrected chi connectivity index (χ4v) is 1.97. The van der Waals surface area contributed by atoms with Gasteiger partial charge in [0.25, 0.3) is 0 Å². The van der Waals surface area contributed by atoms with Crippen molar-refractivity contribution in [3.63, 3.8) is 0 Å². The number of nitrogens with zero attached hydrogens (tertiary/aromatic N) is 2. The summed E-state index contributed by atoms with van der Waals surface area (Å²) in [6, 6.07) is 7.60. The van der Waals surface area contributed by atoms with E-state index in [9.17, 15) is 4.79 Å². The van der Waals surface area contributed by atoms with E-state index in [4.69, 9.17) is 14.4 Å². The van der Waals surface area contributed by atoms with E-state index in [2.05, 4.69) is 10.1 Å². The number of carbonyl (C=O) groups is 1. The van der Waals surface area contributed by atoms with Crippen LogP contribution in [0.25, 0.3) is 0 Å². The molecular formula is C15H18N2O4. The minimum atomic E-state index is -0.882. The van der Waals surface area contributed by atoms with Crippen LogP contribution in [0.5, 0.6) is 5.75 Å². The van der Waals surface area contributed by atoms with E-state index in [0.717, 1.165) is 11.3 Å². The molecule has 0 saturated heterocycles. The normalized spacial score (nSPS) is 13.7. The average molecular weight is 290 g/mol. The summed E-state index contributed by atoms with van der Waals surface area (Å²) in [5.41, 5.74) is 0.950. The molecule has 21 heavy (non-hydrogen) atoms. The van der Waals surface area contributed by atoms with Gasteiger partial charge in [-0.15, -0.1) is 0 Å². The van der Waals surface area contributed by atoms with Gasteiger partial charge in [0.1, 0.15) is 5.75 Å². The van der Waals surface area contributed by atoms with E-state index < -0.39 is 11.9 Å². The Balaban J connectivity index is 2.15. The molecule has 1 N–H and O–H groups in total. The van der Waals surface area contributed by atoms with Gasteiger partial charge in [-0.1, -0.05) is 37.2 Å². The number of hydrogen-bond acceptors (Lipinski definition) is 5. The Kier molecular flexibility index (Phi) is 4.57. The Labute approximate surface area is 122 Å². The molecule has 2 rings (SSSR count). The quantitative estimate of drug-likeness (QED) is 0.879. The van der Waals surface area contributed by atoms with E-state index in [-0.39, 0.29) is 5.92 Å². The second-order valence-corrected chi connectivity index (χ2v) is 4.95. The molecule has 2 unspecified atom stereocenters. The highest BCUT2D eigenvalue weighted by Gasteiger charge is 2.26. The minimum absolute atomic E-state index is 0.332. The molecule has 0 aliphatic heterocycles. The van der Waals surface area contributed by atoms with E-state index in [1.807, 2.05) is 24.3 Å². The lowest BCUT2D eigenvalue weighted by molar-refractivity contribution is -0.141. The highest BCUT2D eigenvalue weighted by molar-refractivity contribution is 5.70. The number of carboxylic acid groups (broad SMARTS) is 1. The molecule has 0 aliphatic rings. The molecule has 1 aromatic carbocycles. The third-order valence-corrected chi connectivity index (χ3v) is 3.55. The van der Waals surface area contributed by atoms with Gasteiger partial charge in [0.15, 0.2) is 5.82 Å². The van der Waals surface area contributed by atoms with E-state index >= 15 is 0 Å². The number of aromatic nitrogens is 2. The van der Waals surface area contributed by atoms with Crippen molar-refractivity contribution in [2.45, 2.75) is 26.2 Å². The number of para-hydroxylation sites is 1. The van der Waals surface area contributed by atoms with Gasteiger partial charge in [-0.3, -0.25) is 4.79 Å². The molecule has 1 aromatic heterocycles. The smallest absolute Gasteiger partial charge is 0.307 e. The zero-order valence-electron chi connectivity index (χ0n) is 12.2. The summed E-state index contributed by atoms with van der Waals surface area (Å²) < 4.78 is 10.5. The Morgan fingerprint density at radius 2 is 2.10 bits per heavy atom. The third kappa shape index (κ3) is 3.39. The highest BCUT2D eigenvalue weighted by Crippen LogP contribution is 2.24. The van der Waals surface area contributed by atoms with Gasteiger partial charge in [0, 0.05) is 17.9 Å². The molecule has 0 bridgehead atoms. The minimum Gasteiger partial charge on any atom is -0.496 e. The van der Waals surface area contributed by atoms with Crippen LogP contribution in [0.2, 0.25) is 0 Å². The van der Waals surface area contributed by atoms with Crippen molar-refractivity contribution in [1.29, 1.82) is 0 Å². The van der Waals surface area contributed by atoms with E-state index in [0.29, 0.717) is 18.1 Å². The van der Waals surface area contributed by atoms with E-state index in [1.165, 1.54) is 0 Å². The number of rotatable bonds is 6. The first-order valence-corrected chi connectivity index (χ1v) is 6.70. The Hall–Kier alpha value is -2.37. The maximum atomic E-state index is 11.0. The van der Waals surface area contributed by atoms with Crippen LogP contribution in [0.15, 0.2) is 28.8 Å². The monoisotopic (exact) mass is 290 g/mol. The second kappa shape index (κ2) is 6.39. The van der Waals surface area contributed by atoms with Crippen LogP contribution in [0.3, 0.4) is 0 Å². The number of benzene rings is 1. The van der Waals surface area contributed by atoms with E-state index in [1.54, 1.807) is 21.0 Å². The molecule has 0 aliphatic carbocycles. The maximum absolute atomic E-state index is 11.0. The van der Waals surface area contributed by atoms with Gasteiger partial charge in [-0.2, -0.15) is 4.98 Å². The molecule has 6 nitrogen and oxygen atoms in total. The number of hydrogen-bond donors (Lipinski definition) is 1. The van der Waals surface area contributed by atoms with Crippen LogP contribution in [0.1, 0.15) is 37.0 Å². The molecule has 1 heterocycles. The lowest BCUT2D eigenvalue weighted by Crippen LogP contribution is -2.16. The predicted octanol–water partition coefficient (Wildman–Crippen LogP) is 2.49. The van der Waals surface area contributed by atoms with Gasteiger partial charge >= 0.3 is 5.97 Å². The number of aliphatic carboxylic acids is 1. The summed E-state index contributed by atoms with van der Waals surface area (Å²) >= 11 is 0. The maximum Gasteiger partial charge on any atom is 0.307 e. The summed E-state index contributed by atoms with van der Waals surface area (Å²) in [5.74, 6) is -0.178. The average Bonchev–Trinajstić information content (AvgIpc) is 2.94. The molecule has 0 radical (unpaired) electrons. The second-order valence-electron chi connectivity index (χ2n) is 4.95. The van der Waals surface area contributed by atoms with Crippen LogP contribution in [0, 0.1) is 5.92 Å². The van der Waals surface area contributed by atoms with Crippen LogP contribution >= 0.6 is 0 Å². The number of carboxylic acids is 1. The van der Waals surface area contributed by atoms with Crippen LogP contribution in [0.4, 0.5) is 0 Å². The van der Waals surface area contributed by atoms with Crippen molar-refractivity contribution in [3.05, 3.63) is 41.5 Å². The van der Waals surface area contributed by atoms with Gasteiger partial charge < -0.3 is 14.4 Å². The van der Waals surface area contributed by atoms with Crippen molar-refractivity contribution in [2.75, 3.05) is 7.11 Å². The SMILES string of the molecule is COc1ccccc1Cc1noc(C(C)C(C)C(=O)O)n1. The van der Waals surface area contributed by atoms with Crippen molar-refractivity contribution < 1.29 is 19.2 Å². The molecule has 6 heteroatoms. The summed E-state index contributed by atoms with van der Waals surface area (Å²) in [7, 11) is 1.61. The Bertz CT molecular complexity index is 624. The molecule has 0 fully saturated rings. The number of ether oxygens (including phenoxy) is 1.